The summed E-state index contributed by atoms with van der Waals surface area (Å²) >= 11 is 12.3. The average Bonchev–Trinajstić information content (AvgIpc) is 2.69. The molecule has 3 rings (SSSR count). The highest BCUT2D eigenvalue weighted by Gasteiger charge is 2.29. The van der Waals surface area contributed by atoms with Gasteiger partial charge in [0.1, 0.15) is 0 Å². The molecule has 27 heavy (non-hydrogen) atoms. The van der Waals surface area contributed by atoms with Crippen molar-refractivity contribution in [1.82, 2.24) is 4.31 Å². The van der Waals surface area contributed by atoms with Gasteiger partial charge in [0.15, 0.2) is 0 Å². The molecule has 1 fully saturated rings. The molecule has 7 heteroatoms. The Morgan fingerprint density at radius 2 is 1.63 bits per heavy atom. The van der Waals surface area contributed by atoms with Crippen molar-refractivity contribution >= 4 is 38.9 Å². The van der Waals surface area contributed by atoms with Gasteiger partial charge in [-0.25, -0.2) is 8.42 Å². The van der Waals surface area contributed by atoms with Crippen LogP contribution in [0.25, 0.3) is 0 Å². The lowest BCUT2D eigenvalue weighted by Gasteiger charge is -2.35. The molecule has 146 valence electrons. The van der Waals surface area contributed by atoms with E-state index in [9.17, 15) is 8.42 Å². The lowest BCUT2D eigenvalue weighted by atomic mass is 9.99. The van der Waals surface area contributed by atoms with Gasteiger partial charge in [-0.1, -0.05) is 49.2 Å². The van der Waals surface area contributed by atoms with Gasteiger partial charge < -0.3 is 4.90 Å². The minimum atomic E-state index is -3.49. The van der Waals surface area contributed by atoms with Crippen LogP contribution in [0.5, 0.6) is 0 Å². The Kier molecular flexibility index (Phi) is 6.36. The molecule has 4 nitrogen and oxygen atoms in total. The topological polar surface area (TPSA) is 40.6 Å². The predicted molar refractivity (Wildman–Crippen MR) is 113 cm³/mol. The standard InChI is InChI=1S/C20H24Cl2N2O2S/c1-3-15(2)16-4-7-18(8-5-16)27(25,26)24-12-10-23(11-13-24)20-14-17(21)6-9-19(20)22/h4-9,14-15H,3,10-13H2,1-2H3/t15-/m1/s1. The fourth-order valence-electron chi connectivity index (χ4n) is 3.25. The van der Waals surface area contributed by atoms with Crippen LogP contribution in [0.15, 0.2) is 47.4 Å². The second-order valence-corrected chi connectivity index (χ2v) is 9.65. The minimum Gasteiger partial charge on any atom is -0.368 e. The zero-order valence-electron chi connectivity index (χ0n) is 15.5. The van der Waals surface area contributed by atoms with Crippen molar-refractivity contribution in [2.45, 2.75) is 31.1 Å². The number of halogens is 2. The highest BCUT2D eigenvalue weighted by molar-refractivity contribution is 7.89. The van der Waals surface area contributed by atoms with E-state index in [1.165, 1.54) is 0 Å². The van der Waals surface area contributed by atoms with E-state index in [-0.39, 0.29) is 0 Å². The molecule has 0 N–H and O–H groups in total. The first kappa shape index (κ1) is 20.5. The summed E-state index contributed by atoms with van der Waals surface area (Å²) in [4.78, 5) is 2.43. The molecule has 1 saturated heterocycles. The Morgan fingerprint density at radius 1 is 1.00 bits per heavy atom. The summed E-state index contributed by atoms with van der Waals surface area (Å²) in [6.45, 7) is 6.25. The molecule has 0 saturated carbocycles. The first-order chi connectivity index (χ1) is 12.8. The lowest BCUT2D eigenvalue weighted by molar-refractivity contribution is 0.385. The van der Waals surface area contributed by atoms with Gasteiger partial charge in [0.25, 0.3) is 0 Å². The van der Waals surface area contributed by atoms with Crippen molar-refractivity contribution in [3.63, 3.8) is 0 Å². The Labute approximate surface area is 171 Å². The second-order valence-electron chi connectivity index (χ2n) is 6.87. The monoisotopic (exact) mass is 426 g/mol. The van der Waals surface area contributed by atoms with Crippen molar-refractivity contribution < 1.29 is 8.42 Å². The zero-order valence-corrected chi connectivity index (χ0v) is 17.9. The van der Waals surface area contributed by atoms with Crippen molar-refractivity contribution in [2.75, 3.05) is 31.1 Å². The van der Waals surface area contributed by atoms with E-state index in [0.717, 1.165) is 17.7 Å². The molecule has 0 amide bonds. The smallest absolute Gasteiger partial charge is 0.243 e. The van der Waals surface area contributed by atoms with E-state index >= 15 is 0 Å². The van der Waals surface area contributed by atoms with Gasteiger partial charge in [-0.2, -0.15) is 4.31 Å². The average molecular weight is 427 g/mol. The fourth-order valence-corrected chi connectivity index (χ4v) is 5.08. The predicted octanol–water partition coefficient (Wildman–Crippen LogP) is 5.02. The van der Waals surface area contributed by atoms with E-state index in [2.05, 4.69) is 18.7 Å². The molecule has 1 aliphatic heterocycles. The van der Waals surface area contributed by atoms with Crippen LogP contribution in [-0.4, -0.2) is 38.9 Å². The molecule has 0 unspecified atom stereocenters. The van der Waals surface area contributed by atoms with E-state index in [4.69, 9.17) is 23.2 Å². The van der Waals surface area contributed by atoms with Gasteiger partial charge in [0.2, 0.25) is 10.0 Å². The fraction of sp³-hybridized carbons (Fsp3) is 0.400. The van der Waals surface area contributed by atoms with Crippen molar-refractivity contribution in [3.05, 3.63) is 58.1 Å². The van der Waals surface area contributed by atoms with Crippen LogP contribution in [0.3, 0.4) is 0 Å². The number of piperazine rings is 1. The van der Waals surface area contributed by atoms with Crippen molar-refractivity contribution in [1.29, 1.82) is 0 Å². The number of hydrogen-bond acceptors (Lipinski definition) is 3. The second kappa shape index (κ2) is 8.39. The largest absolute Gasteiger partial charge is 0.368 e. The zero-order chi connectivity index (χ0) is 19.6. The molecule has 0 spiro atoms. The Bertz CT molecular complexity index is 893. The molecular weight excluding hydrogens is 403 g/mol. The van der Waals surface area contributed by atoms with Crippen LogP contribution < -0.4 is 4.90 Å². The molecule has 0 aromatic heterocycles. The molecule has 1 atom stereocenters. The third-order valence-electron chi connectivity index (χ3n) is 5.19. The maximum Gasteiger partial charge on any atom is 0.243 e. The normalized spacial score (nSPS) is 17.1. The van der Waals surface area contributed by atoms with Gasteiger partial charge in [0.05, 0.1) is 15.6 Å². The summed E-state index contributed by atoms with van der Waals surface area (Å²) in [7, 11) is -3.49. The number of rotatable bonds is 5. The van der Waals surface area contributed by atoms with E-state index in [0.29, 0.717) is 47.0 Å². The van der Waals surface area contributed by atoms with E-state index < -0.39 is 10.0 Å². The lowest BCUT2D eigenvalue weighted by Crippen LogP contribution is -2.48. The maximum atomic E-state index is 13.0. The van der Waals surface area contributed by atoms with Gasteiger partial charge in [-0.15, -0.1) is 0 Å². The van der Waals surface area contributed by atoms with Crippen LogP contribution in [0.4, 0.5) is 5.69 Å². The van der Waals surface area contributed by atoms with Crippen LogP contribution >= 0.6 is 23.2 Å². The summed E-state index contributed by atoms with van der Waals surface area (Å²) in [5, 5.41) is 1.24. The minimum absolute atomic E-state index is 0.351. The van der Waals surface area contributed by atoms with Crippen molar-refractivity contribution in [2.24, 2.45) is 0 Å². The van der Waals surface area contributed by atoms with Gasteiger partial charge in [-0.05, 0) is 48.2 Å². The number of anilines is 1. The summed E-state index contributed by atoms with van der Waals surface area (Å²) in [5.74, 6) is 0.424. The molecule has 1 aliphatic rings. The van der Waals surface area contributed by atoms with Gasteiger partial charge in [0, 0.05) is 31.2 Å². The molecule has 1 heterocycles. The highest BCUT2D eigenvalue weighted by Crippen LogP contribution is 2.30. The quantitative estimate of drug-likeness (QED) is 0.673. The Hall–Kier alpha value is -1.27. The highest BCUT2D eigenvalue weighted by atomic mass is 35.5. The molecule has 0 radical (unpaired) electrons. The SMILES string of the molecule is CC[C@@H](C)c1ccc(S(=O)(=O)N2CCN(c3cc(Cl)ccc3Cl)CC2)cc1. The summed E-state index contributed by atoms with van der Waals surface area (Å²) in [6, 6.07) is 12.6. The summed E-state index contributed by atoms with van der Waals surface area (Å²) in [6.07, 6.45) is 1.03. The van der Waals surface area contributed by atoms with Crippen LogP contribution in [0.2, 0.25) is 10.0 Å². The van der Waals surface area contributed by atoms with Crippen LogP contribution in [0, 0.1) is 0 Å². The summed E-state index contributed by atoms with van der Waals surface area (Å²) < 4.78 is 27.5. The van der Waals surface area contributed by atoms with Crippen molar-refractivity contribution in [3.8, 4) is 0 Å². The van der Waals surface area contributed by atoms with Crippen LogP contribution in [0.1, 0.15) is 31.7 Å². The van der Waals surface area contributed by atoms with E-state index in [1.807, 2.05) is 18.2 Å². The molecule has 0 bridgehead atoms. The molecule has 0 aliphatic carbocycles. The number of hydrogen-bond donors (Lipinski definition) is 0. The number of benzene rings is 2. The third-order valence-corrected chi connectivity index (χ3v) is 7.65. The number of sulfonamides is 1. The summed E-state index contributed by atoms with van der Waals surface area (Å²) in [5.41, 5.74) is 2.01. The first-order valence-corrected chi connectivity index (χ1v) is 11.3. The maximum absolute atomic E-state index is 13.0. The third kappa shape index (κ3) is 4.43. The first-order valence-electron chi connectivity index (χ1n) is 9.13. The molecule has 2 aromatic rings. The Balaban J connectivity index is 1.72. The van der Waals surface area contributed by atoms with Gasteiger partial charge in [-0.3, -0.25) is 0 Å². The number of nitrogens with zero attached hydrogens (tertiary/aromatic N) is 2. The Morgan fingerprint density at radius 3 is 2.22 bits per heavy atom. The van der Waals surface area contributed by atoms with Crippen LogP contribution in [-0.2, 0) is 10.0 Å². The molecular formula is C20H24Cl2N2O2S. The molecule has 2 aromatic carbocycles. The van der Waals surface area contributed by atoms with E-state index in [1.54, 1.807) is 28.6 Å². The van der Waals surface area contributed by atoms with Gasteiger partial charge >= 0.3 is 0 Å².